The van der Waals surface area contributed by atoms with Crippen LogP contribution in [-0.4, -0.2) is 19.3 Å². The number of nitrogens with one attached hydrogen (secondary N) is 1. The Hall–Kier alpha value is -1.65. The van der Waals surface area contributed by atoms with Gasteiger partial charge in [-0.25, -0.2) is 0 Å². The third-order valence-electron chi connectivity index (χ3n) is 2.97. The highest BCUT2D eigenvalue weighted by molar-refractivity contribution is 7.98. The molecule has 0 fully saturated rings. The molecule has 0 unspecified atom stereocenters. The van der Waals surface area contributed by atoms with E-state index in [0.717, 1.165) is 16.1 Å². The number of carbonyl (C=O) groups excluding carboxylic acids is 1. The Morgan fingerprint density at radius 2 is 2.05 bits per heavy atom. The summed E-state index contributed by atoms with van der Waals surface area (Å²) in [7, 11) is 1.58. The quantitative estimate of drug-likeness (QED) is 0.837. The molecule has 0 radical (unpaired) electrons. The monoisotopic (exact) mass is 321 g/mol. The van der Waals surface area contributed by atoms with Crippen molar-refractivity contribution in [3.05, 3.63) is 53.1 Å². The smallest absolute Gasteiger partial charge is 0.228 e. The Morgan fingerprint density at radius 3 is 2.76 bits per heavy atom. The van der Waals surface area contributed by atoms with Crippen molar-refractivity contribution >= 4 is 35.0 Å². The zero-order chi connectivity index (χ0) is 15.2. The van der Waals surface area contributed by atoms with Gasteiger partial charge in [-0.2, -0.15) is 0 Å². The van der Waals surface area contributed by atoms with Crippen molar-refractivity contribution in [3.63, 3.8) is 0 Å². The number of hydrogen-bond acceptors (Lipinski definition) is 3. The van der Waals surface area contributed by atoms with Gasteiger partial charge in [0, 0.05) is 15.5 Å². The van der Waals surface area contributed by atoms with Crippen LogP contribution >= 0.6 is 23.4 Å². The summed E-state index contributed by atoms with van der Waals surface area (Å²) < 4.78 is 5.25. The third kappa shape index (κ3) is 4.16. The minimum Gasteiger partial charge on any atom is -0.496 e. The van der Waals surface area contributed by atoms with E-state index in [0.29, 0.717) is 10.8 Å². The standard InChI is InChI=1S/C16H16ClNO2S/c1-20-14-8-7-12(17)9-11(14)10-16(19)18-13-5-3-4-6-15(13)21-2/h3-9H,10H2,1-2H3,(H,18,19). The van der Waals surface area contributed by atoms with Crippen LogP contribution in [0, 0.1) is 0 Å². The van der Waals surface area contributed by atoms with Gasteiger partial charge in [-0.15, -0.1) is 11.8 Å². The highest BCUT2D eigenvalue weighted by atomic mass is 35.5. The molecule has 2 aromatic rings. The Bertz CT molecular complexity index is 646. The van der Waals surface area contributed by atoms with Gasteiger partial charge < -0.3 is 10.1 Å². The molecule has 0 aromatic heterocycles. The first-order valence-electron chi connectivity index (χ1n) is 6.39. The molecule has 2 aromatic carbocycles. The van der Waals surface area contributed by atoms with Gasteiger partial charge in [0.1, 0.15) is 5.75 Å². The van der Waals surface area contributed by atoms with Crippen molar-refractivity contribution in [3.8, 4) is 5.75 Å². The second-order valence-electron chi connectivity index (χ2n) is 4.38. The first-order chi connectivity index (χ1) is 10.1. The van der Waals surface area contributed by atoms with E-state index in [1.807, 2.05) is 30.5 Å². The molecule has 0 saturated heterocycles. The molecular formula is C16H16ClNO2S. The lowest BCUT2D eigenvalue weighted by Gasteiger charge is -2.11. The van der Waals surface area contributed by atoms with Crippen LogP contribution in [0.3, 0.4) is 0 Å². The molecule has 2 rings (SSSR count). The molecule has 3 nitrogen and oxygen atoms in total. The molecule has 110 valence electrons. The van der Waals surface area contributed by atoms with Gasteiger partial charge in [-0.05, 0) is 36.6 Å². The molecule has 1 N–H and O–H groups in total. The fraction of sp³-hybridized carbons (Fsp3) is 0.188. The molecule has 0 aliphatic carbocycles. The van der Waals surface area contributed by atoms with E-state index in [4.69, 9.17) is 16.3 Å². The molecule has 21 heavy (non-hydrogen) atoms. The molecule has 0 bridgehead atoms. The van der Waals surface area contributed by atoms with E-state index in [1.165, 1.54) is 0 Å². The number of carbonyl (C=O) groups is 1. The van der Waals surface area contributed by atoms with Gasteiger partial charge >= 0.3 is 0 Å². The average molecular weight is 322 g/mol. The molecule has 0 saturated carbocycles. The predicted octanol–water partition coefficient (Wildman–Crippen LogP) is 4.25. The Labute approximate surface area is 133 Å². The van der Waals surface area contributed by atoms with Gasteiger partial charge in [0.15, 0.2) is 0 Å². The summed E-state index contributed by atoms with van der Waals surface area (Å²) in [5.74, 6) is 0.560. The van der Waals surface area contributed by atoms with Crippen LogP contribution in [0.2, 0.25) is 5.02 Å². The van der Waals surface area contributed by atoms with E-state index in [-0.39, 0.29) is 12.3 Å². The maximum absolute atomic E-state index is 12.2. The first-order valence-corrected chi connectivity index (χ1v) is 7.99. The fourth-order valence-electron chi connectivity index (χ4n) is 2.00. The lowest BCUT2D eigenvalue weighted by Crippen LogP contribution is -2.15. The number of rotatable bonds is 5. The fourth-order valence-corrected chi connectivity index (χ4v) is 2.75. The predicted molar refractivity (Wildman–Crippen MR) is 88.6 cm³/mol. The zero-order valence-corrected chi connectivity index (χ0v) is 13.4. The van der Waals surface area contributed by atoms with Gasteiger partial charge in [0.05, 0.1) is 19.2 Å². The van der Waals surface area contributed by atoms with Crippen LogP contribution in [0.1, 0.15) is 5.56 Å². The maximum Gasteiger partial charge on any atom is 0.228 e. The molecule has 0 spiro atoms. The van der Waals surface area contributed by atoms with Crippen molar-refractivity contribution in [1.29, 1.82) is 0 Å². The highest BCUT2D eigenvalue weighted by Crippen LogP contribution is 2.26. The first kappa shape index (κ1) is 15.7. The van der Waals surface area contributed by atoms with E-state index in [1.54, 1.807) is 37.1 Å². The summed E-state index contributed by atoms with van der Waals surface area (Å²) in [4.78, 5) is 13.2. The van der Waals surface area contributed by atoms with Gasteiger partial charge in [-0.1, -0.05) is 23.7 Å². The van der Waals surface area contributed by atoms with Crippen LogP contribution in [0.25, 0.3) is 0 Å². The normalized spacial score (nSPS) is 10.2. The molecule has 5 heteroatoms. The third-order valence-corrected chi connectivity index (χ3v) is 4.01. The molecular weight excluding hydrogens is 306 g/mol. The number of para-hydroxylation sites is 1. The van der Waals surface area contributed by atoms with Crippen molar-refractivity contribution < 1.29 is 9.53 Å². The van der Waals surface area contributed by atoms with Crippen LogP contribution in [0.4, 0.5) is 5.69 Å². The lowest BCUT2D eigenvalue weighted by atomic mass is 10.1. The molecule has 0 aliphatic rings. The van der Waals surface area contributed by atoms with Crippen molar-refractivity contribution in [2.24, 2.45) is 0 Å². The number of amides is 1. The number of anilines is 1. The number of thioether (sulfide) groups is 1. The SMILES string of the molecule is COc1ccc(Cl)cc1CC(=O)Nc1ccccc1SC. The zero-order valence-electron chi connectivity index (χ0n) is 11.9. The highest BCUT2D eigenvalue weighted by Gasteiger charge is 2.11. The van der Waals surface area contributed by atoms with Gasteiger partial charge in [0.25, 0.3) is 0 Å². The number of benzene rings is 2. The van der Waals surface area contributed by atoms with Crippen molar-refractivity contribution in [1.82, 2.24) is 0 Å². The van der Waals surface area contributed by atoms with Crippen LogP contribution in [0.5, 0.6) is 5.75 Å². The van der Waals surface area contributed by atoms with Gasteiger partial charge in [-0.3, -0.25) is 4.79 Å². The Kier molecular flexibility index (Phi) is 5.53. The number of ether oxygens (including phenoxy) is 1. The summed E-state index contributed by atoms with van der Waals surface area (Å²) in [6, 6.07) is 13.0. The topological polar surface area (TPSA) is 38.3 Å². The van der Waals surface area contributed by atoms with Crippen molar-refractivity contribution in [2.75, 3.05) is 18.7 Å². The average Bonchev–Trinajstić information content (AvgIpc) is 2.48. The summed E-state index contributed by atoms with van der Waals surface area (Å²) in [5, 5.41) is 3.51. The number of methoxy groups -OCH3 is 1. The maximum atomic E-state index is 12.2. The second kappa shape index (κ2) is 7.38. The van der Waals surface area contributed by atoms with E-state index in [2.05, 4.69) is 5.32 Å². The molecule has 0 aliphatic heterocycles. The second-order valence-corrected chi connectivity index (χ2v) is 5.67. The molecule has 0 atom stereocenters. The molecule has 0 heterocycles. The summed E-state index contributed by atoms with van der Waals surface area (Å²) in [5.41, 5.74) is 1.58. The number of hydrogen-bond donors (Lipinski definition) is 1. The lowest BCUT2D eigenvalue weighted by molar-refractivity contribution is -0.115. The van der Waals surface area contributed by atoms with E-state index in [9.17, 15) is 4.79 Å². The Balaban J connectivity index is 2.13. The van der Waals surface area contributed by atoms with Crippen molar-refractivity contribution in [2.45, 2.75) is 11.3 Å². The van der Waals surface area contributed by atoms with Crippen LogP contribution in [0.15, 0.2) is 47.4 Å². The van der Waals surface area contributed by atoms with E-state index < -0.39 is 0 Å². The Morgan fingerprint density at radius 1 is 1.29 bits per heavy atom. The largest absolute Gasteiger partial charge is 0.496 e. The summed E-state index contributed by atoms with van der Waals surface area (Å²) in [6.07, 6.45) is 2.19. The van der Waals surface area contributed by atoms with E-state index >= 15 is 0 Å². The number of halogens is 1. The van der Waals surface area contributed by atoms with Gasteiger partial charge in [0.2, 0.25) is 5.91 Å². The minimum absolute atomic E-state index is 0.0999. The minimum atomic E-state index is -0.0999. The summed E-state index contributed by atoms with van der Waals surface area (Å²) >= 11 is 7.57. The molecule has 1 amide bonds. The van der Waals surface area contributed by atoms with Crippen LogP contribution < -0.4 is 10.1 Å². The van der Waals surface area contributed by atoms with Crippen LogP contribution in [-0.2, 0) is 11.2 Å². The summed E-state index contributed by atoms with van der Waals surface area (Å²) in [6.45, 7) is 0.